The fourth-order valence-corrected chi connectivity index (χ4v) is 3.55. The van der Waals surface area contributed by atoms with Crippen LogP contribution in [0.25, 0.3) is 0 Å². The molecule has 2 aromatic carbocycles. The van der Waals surface area contributed by atoms with Crippen molar-refractivity contribution in [2.45, 2.75) is 13.0 Å². The predicted molar refractivity (Wildman–Crippen MR) is 110 cm³/mol. The van der Waals surface area contributed by atoms with Crippen LogP contribution in [0.1, 0.15) is 18.5 Å². The van der Waals surface area contributed by atoms with Crippen LogP contribution in [-0.2, 0) is 4.79 Å². The number of hydrogen-bond donors (Lipinski definition) is 3. The molecule has 27 heavy (non-hydrogen) atoms. The molecule has 1 atom stereocenters. The minimum Gasteiger partial charge on any atom is -0.495 e. The standard InChI is InChI=1S/C19H17BrFN3O2S/c1-10-16(18(25)23-14-5-3-4-6-15(14)26-2)17(24-19(27)22-10)12-9-11(20)7-8-13(12)21/h3-9,17H,1-2H3,(H,23,25)(H2,22,24,27). The van der Waals surface area contributed by atoms with Gasteiger partial charge in [0.25, 0.3) is 5.91 Å². The summed E-state index contributed by atoms with van der Waals surface area (Å²) in [4.78, 5) is 13.1. The molecule has 0 bridgehead atoms. The molecule has 3 rings (SSSR count). The number of thiocarbonyl (C=S) groups is 1. The van der Waals surface area contributed by atoms with Gasteiger partial charge < -0.3 is 20.7 Å². The minimum atomic E-state index is -0.731. The Morgan fingerprint density at radius 3 is 2.78 bits per heavy atom. The van der Waals surface area contributed by atoms with Crippen molar-refractivity contribution in [2.24, 2.45) is 0 Å². The highest BCUT2D eigenvalue weighted by atomic mass is 79.9. The molecular formula is C19H17BrFN3O2S. The van der Waals surface area contributed by atoms with E-state index in [1.807, 2.05) is 0 Å². The number of anilines is 1. The molecule has 3 N–H and O–H groups in total. The quantitative estimate of drug-likeness (QED) is 0.615. The molecule has 5 nitrogen and oxygen atoms in total. The number of para-hydroxylation sites is 2. The van der Waals surface area contributed by atoms with Gasteiger partial charge in [-0.2, -0.15) is 0 Å². The van der Waals surface area contributed by atoms with Gasteiger partial charge in [0.15, 0.2) is 5.11 Å². The first-order valence-corrected chi connectivity index (χ1v) is 9.28. The third-order valence-corrected chi connectivity index (χ3v) is 4.85. The number of ether oxygens (including phenoxy) is 1. The Kier molecular flexibility index (Phi) is 5.76. The van der Waals surface area contributed by atoms with Gasteiger partial charge in [-0.1, -0.05) is 28.1 Å². The number of rotatable bonds is 4. The van der Waals surface area contributed by atoms with Crippen LogP contribution in [0, 0.1) is 5.82 Å². The van der Waals surface area contributed by atoms with E-state index in [1.54, 1.807) is 43.3 Å². The Morgan fingerprint density at radius 1 is 1.30 bits per heavy atom. The molecule has 2 aromatic rings. The molecule has 0 saturated heterocycles. The Balaban J connectivity index is 2.01. The summed E-state index contributed by atoms with van der Waals surface area (Å²) in [7, 11) is 1.53. The van der Waals surface area contributed by atoms with Gasteiger partial charge >= 0.3 is 0 Å². The Bertz CT molecular complexity index is 948. The maximum absolute atomic E-state index is 14.5. The van der Waals surface area contributed by atoms with E-state index in [0.717, 1.165) is 0 Å². The fourth-order valence-electron chi connectivity index (χ4n) is 2.90. The van der Waals surface area contributed by atoms with Crippen LogP contribution in [0.4, 0.5) is 10.1 Å². The second-order valence-electron chi connectivity index (χ2n) is 5.89. The van der Waals surface area contributed by atoms with Gasteiger partial charge in [-0.3, -0.25) is 4.79 Å². The lowest BCUT2D eigenvalue weighted by molar-refractivity contribution is -0.113. The van der Waals surface area contributed by atoms with Crippen LogP contribution < -0.4 is 20.7 Å². The summed E-state index contributed by atoms with van der Waals surface area (Å²) in [5.74, 6) is -0.291. The lowest BCUT2D eigenvalue weighted by atomic mass is 9.94. The fraction of sp³-hybridized carbons (Fsp3) is 0.158. The highest BCUT2D eigenvalue weighted by Crippen LogP contribution is 2.32. The molecule has 0 aliphatic carbocycles. The predicted octanol–water partition coefficient (Wildman–Crippen LogP) is 4.03. The number of benzene rings is 2. The van der Waals surface area contributed by atoms with E-state index >= 15 is 0 Å². The highest BCUT2D eigenvalue weighted by Gasteiger charge is 2.32. The van der Waals surface area contributed by atoms with E-state index in [2.05, 4.69) is 31.9 Å². The number of nitrogens with one attached hydrogen (secondary N) is 3. The van der Waals surface area contributed by atoms with Crippen molar-refractivity contribution in [3.05, 3.63) is 69.6 Å². The smallest absolute Gasteiger partial charge is 0.255 e. The molecule has 1 aliphatic heterocycles. The van der Waals surface area contributed by atoms with Crippen LogP contribution in [0.2, 0.25) is 0 Å². The molecule has 0 radical (unpaired) electrons. The van der Waals surface area contributed by atoms with Crippen molar-refractivity contribution in [3.63, 3.8) is 0 Å². The van der Waals surface area contributed by atoms with E-state index in [-0.39, 0.29) is 5.91 Å². The van der Waals surface area contributed by atoms with Crippen LogP contribution >= 0.6 is 28.1 Å². The summed E-state index contributed by atoms with van der Waals surface area (Å²) in [6.07, 6.45) is 0. The number of methoxy groups -OCH3 is 1. The van der Waals surface area contributed by atoms with E-state index in [9.17, 15) is 9.18 Å². The average molecular weight is 450 g/mol. The van der Waals surface area contributed by atoms with Gasteiger partial charge in [-0.05, 0) is 49.5 Å². The number of hydrogen-bond acceptors (Lipinski definition) is 3. The zero-order chi connectivity index (χ0) is 19.6. The molecule has 0 saturated carbocycles. The van der Waals surface area contributed by atoms with Crippen LogP contribution in [0.5, 0.6) is 5.75 Å². The highest BCUT2D eigenvalue weighted by molar-refractivity contribution is 9.10. The Labute approximate surface area is 170 Å². The number of carbonyl (C=O) groups is 1. The van der Waals surface area contributed by atoms with Crippen molar-refractivity contribution < 1.29 is 13.9 Å². The molecule has 1 aliphatic rings. The third-order valence-electron chi connectivity index (χ3n) is 4.14. The number of allylic oxidation sites excluding steroid dienone is 1. The topological polar surface area (TPSA) is 62.4 Å². The first-order valence-electron chi connectivity index (χ1n) is 8.08. The molecule has 1 heterocycles. The van der Waals surface area contributed by atoms with E-state index in [4.69, 9.17) is 17.0 Å². The van der Waals surface area contributed by atoms with Gasteiger partial charge in [0.05, 0.1) is 24.4 Å². The van der Waals surface area contributed by atoms with Crippen LogP contribution in [-0.4, -0.2) is 18.1 Å². The number of carbonyl (C=O) groups excluding carboxylic acids is 1. The van der Waals surface area contributed by atoms with Crippen molar-refractivity contribution in [1.82, 2.24) is 10.6 Å². The molecule has 8 heteroatoms. The monoisotopic (exact) mass is 449 g/mol. The average Bonchev–Trinajstić information content (AvgIpc) is 2.63. The summed E-state index contributed by atoms with van der Waals surface area (Å²) >= 11 is 8.55. The Hall–Kier alpha value is -2.45. The van der Waals surface area contributed by atoms with Gasteiger partial charge in [0.1, 0.15) is 11.6 Å². The normalized spacial score (nSPS) is 16.4. The SMILES string of the molecule is COc1ccccc1NC(=O)C1=C(C)NC(=S)NC1c1cc(Br)ccc1F. The van der Waals surface area contributed by atoms with Gasteiger partial charge in [0.2, 0.25) is 0 Å². The van der Waals surface area contributed by atoms with Crippen LogP contribution in [0.3, 0.4) is 0 Å². The van der Waals surface area contributed by atoms with Crippen molar-refractivity contribution in [2.75, 3.05) is 12.4 Å². The van der Waals surface area contributed by atoms with Gasteiger partial charge in [-0.15, -0.1) is 0 Å². The lowest BCUT2D eigenvalue weighted by Crippen LogP contribution is -2.46. The molecular weight excluding hydrogens is 433 g/mol. The summed E-state index contributed by atoms with van der Waals surface area (Å²) < 4.78 is 20.5. The summed E-state index contributed by atoms with van der Waals surface area (Å²) in [5, 5.41) is 9.07. The number of amides is 1. The molecule has 0 fully saturated rings. The van der Waals surface area contributed by atoms with Gasteiger partial charge in [0, 0.05) is 15.7 Å². The third kappa shape index (κ3) is 4.12. The van der Waals surface area contributed by atoms with Crippen molar-refractivity contribution in [3.8, 4) is 5.75 Å². The van der Waals surface area contributed by atoms with E-state index < -0.39 is 11.9 Å². The zero-order valence-electron chi connectivity index (χ0n) is 14.6. The second kappa shape index (κ2) is 8.06. The molecule has 140 valence electrons. The van der Waals surface area contributed by atoms with E-state index in [1.165, 1.54) is 13.2 Å². The van der Waals surface area contributed by atoms with Crippen molar-refractivity contribution in [1.29, 1.82) is 0 Å². The zero-order valence-corrected chi connectivity index (χ0v) is 17.0. The van der Waals surface area contributed by atoms with E-state index in [0.29, 0.717) is 37.9 Å². The summed E-state index contributed by atoms with van der Waals surface area (Å²) in [6, 6.07) is 10.9. The van der Waals surface area contributed by atoms with Gasteiger partial charge in [-0.25, -0.2) is 4.39 Å². The van der Waals surface area contributed by atoms with Crippen molar-refractivity contribution >= 4 is 44.9 Å². The summed E-state index contributed by atoms with van der Waals surface area (Å²) in [6.45, 7) is 1.73. The molecule has 0 spiro atoms. The minimum absolute atomic E-state index is 0.317. The maximum atomic E-state index is 14.5. The first-order chi connectivity index (χ1) is 12.9. The van der Waals surface area contributed by atoms with Crippen LogP contribution in [0.15, 0.2) is 58.2 Å². The second-order valence-corrected chi connectivity index (χ2v) is 7.21. The summed E-state index contributed by atoms with van der Waals surface area (Å²) in [5.41, 5.74) is 1.73. The largest absolute Gasteiger partial charge is 0.495 e. The number of halogens is 2. The first kappa shape index (κ1) is 19.3. The molecule has 0 aromatic heterocycles. The molecule has 1 amide bonds. The molecule has 1 unspecified atom stereocenters. The lowest BCUT2D eigenvalue weighted by Gasteiger charge is -2.30. The Morgan fingerprint density at radius 2 is 2.04 bits per heavy atom. The maximum Gasteiger partial charge on any atom is 0.255 e.